The van der Waals surface area contributed by atoms with Crippen LogP contribution in [0.15, 0.2) is 34.9 Å². The van der Waals surface area contributed by atoms with Crippen molar-refractivity contribution >= 4 is 0 Å². The average molecular weight is 331 g/mol. The first kappa shape index (κ1) is 17.1. The van der Waals surface area contributed by atoms with E-state index in [-0.39, 0.29) is 6.04 Å². The first-order chi connectivity index (χ1) is 11.6. The van der Waals surface area contributed by atoms with Gasteiger partial charge in [-0.2, -0.15) is 4.98 Å². The normalized spacial score (nSPS) is 17.2. The van der Waals surface area contributed by atoms with Gasteiger partial charge in [0, 0.05) is 12.5 Å². The Labute approximate surface area is 142 Å². The average Bonchev–Trinajstić information content (AvgIpc) is 3.32. The van der Waals surface area contributed by atoms with Crippen LogP contribution in [0.5, 0.6) is 0 Å². The number of aromatic nitrogens is 2. The van der Waals surface area contributed by atoms with E-state index in [1.54, 1.807) is 0 Å². The van der Waals surface area contributed by atoms with Crippen molar-refractivity contribution in [2.45, 2.75) is 44.4 Å². The molecule has 6 heteroatoms. The standard InChI is InChI=1S/C18H25N3O3/c1-13(18-19-17(20-24-18)15-8-9-15)21(2)10-16(22)12-23-11-14-6-4-3-5-7-14/h3-7,13,15-16,22H,8-12H2,1-2H3/t13-,16+/m0/s1. The number of nitrogens with zero attached hydrogens (tertiary/aromatic N) is 3. The minimum Gasteiger partial charge on any atom is -0.389 e. The van der Waals surface area contributed by atoms with Crippen LogP contribution in [0.3, 0.4) is 0 Å². The second-order valence-electron chi connectivity index (χ2n) is 6.54. The number of rotatable bonds is 9. The zero-order valence-electron chi connectivity index (χ0n) is 14.3. The van der Waals surface area contributed by atoms with Crippen molar-refractivity contribution in [3.8, 4) is 0 Å². The molecule has 0 spiro atoms. The Morgan fingerprint density at radius 3 is 2.79 bits per heavy atom. The summed E-state index contributed by atoms with van der Waals surface area (Å²) in [5, 5.41) is 14.2. The van der Waals surface area contributed by atoms with Crippen LogP contribution >= 0.6 is 0 Å². The predicted octanol–water partition coefficient (Wildman–Crippen LogP) is 2.52. The summed E-state index contributed by atoms with van der Waals surface area (Å²) in [5.74, 6) is 1.91. The summed E-state index contributed by atoms with van der Waals surface area (Å²) in [6.45, 7) is 3.29. The lowest BCUT2D eigenvalue weighted by Crippen LogP contribution is -2.34. The number of hydrogen-bond donors (Lipinski definition) is 1. The van der Waals surface area contributed by atoms with Crippen molar-refractivity contribution in [2.75, 3.05) is 20.2 Å². The van der Waals surface area contributed by atoms with E-state index in [0.717, 1.165) is 24.2 Å². The third kappa shape index (κ3) is 4.63. The molecular formula is C18H25N3O3. The van der Waals surface area contributed by atoms with E-state index in [2.05, 4.69) is 10.1 Å². The molecule has 0 unspecified atom stereocenters. The van der Waals surface area contributed by atoms with Crippen molar-refractivity contribution < 1.29 is 14.4 Å². The highest BCUT2D eigenvalue weighted by Gasteiger charge is 2.30. The maximum Gasteiger partial charge on any atom is 0.243 e. The van der Waals surface area contributed by atoms with Crippen LogP contribution in [-0.4, -0.2) is 46.5 Å². The van der Waals surface area contributed by atoms with Gasteiger partial charge in [-0.15, -0.1) is 0 Å². The largest absolute Gasteiger partial charge is 0.389 e. The first-order valence-electron chi connectivity index (χ1n) is 8.47. The Bertz CT molecular complexity index is 627. The van der Waals surface area contributed by atoms with Crippen molar-refractivity contribution in [2.24, 2.45) is 0 Å². The van der Waals surface area contributed by atoms with Gasteiger partial charge in [0.15, 0.2) is 5.82 Å². The Morgan fingerprint density at radius 2 is 2.08 bits per heavy atom. The molecule has 0 radical (unpaired) electrons. The fourth-order valence-corrected chi connectivity index (χ4v) is 2.54. The maximum atomic E-state index is 10.2. The molecular weight excluding hydrogens is 306 g/mol. The molecule has 0 amide bonds. The van der Waals surface area contributed by atoms with Crippen LogP contribution < -0.4 is 0 Å². The Balaban J connectivity index is 1.41. The summed E-state index contributed by atoms with van der Waals surface area (Å²) >= 11 is 0. The number of benzene rings is 1. The third-order valence-corrected chi connectivity index (χ3v) is 4.34. The molecule has 1 heterocycles. The summed E-state index contributed by atoms with van der Waals surface area (Å²) < 4.78 is 10.9. The highest BCUT2D eigenvalue weighted by atomic mass is 16.5. The fourth-order valence-electron chi connectivity index (χ4n) is 2.54. The molecule has 0 saturated heterocycles. The van der Waals surface area contributed by atoms with E-state index in [1.165, 1.54) is 0 Å². The van der Waals surface area contributed by atoms with E-state index in [1.807, 2.05) is 49.2 Å². The van der Waals surface area contributed by atoms with Crippen molar-refractivity contribution in [3.05, 3.63) is 47.6 Å². The summed E-state index contributed by atoms with van der Waals surface area (Å²) in [5.41, 5.74) is 1.10. The lowest BCUT2D eigenvalue weighted by molar-refractivity contribution is 0.00653. The van der Waals surface area contributed by atoms with Gasteiger partial charge < -0.3 is 14.4 Å². The SMILES string of the molecule is C[C@@H](c1nc(C2CC2)no1)N(C)C[C@@H](O)COCc1ccccc1. The van der Waals surface area contributed by atoms with E-state index in [9.17, 15) is 5.11 Å². The second-order valence-corrected chi connectivity index (χ2v) is 6.54. The molecule has 1 aliphatic rings. The second kappa shape index (κ2) is 7.88. The van der Waals surface area contributed by atoms with Gasteiger partial charge in [0.05, 0.1) is 25.4 Å². The molecule has 1 saturated carbocycles. The van der Waals surface area contributed by atoms with E-state index >= 15 is 0 Å². The van der Waals surface area contributed by atoms with Gasteiger partial charge in [-0.05, 0) is 32.4 Å². The molecule has 0 bridgehead atoms. The van der Waals surface area contributed by atoms with Crippen molar-refractivity contribution in [1.82, 2.24) is 15.0 Å². The number of ether oxygens (including phenoxy) is 1. The highest BCUT2D eigenvalue weighted by Crippen LogP contribution is 2.38. The van der Waals surface area contributed by atoms with Gasteiger partial charge in [0.25, 0.3) is 0 Å². The minimum absolute atomic E-state index is 0.0335. The monoisotopic (exact) mass is 331 g/mol. The smallest absolute Gasteiger partial charge is 0.243 e. The number of aliphatic hydroxyl groups is 1. The summed E-state index contributed by atoms with van der Waals surface area (Å²) in [6, 6.07) is 9.91. The van der Waals surface area contributed by atoms with Crippen LogP contribution in [-0.2, 0) is 11.3 Å². The number of likely N-dealkylation sites (N-methyl/N-ethyl adjacent to an activating group) is 1. The van der Waals surface area contributed by atoms with Crippen molar-refractivity contribution in [3.63, 3.8) is 0 Å². The van der Waals surface area contributed by atoms with Gasteiger partial charge >= 0.3 is 0 Å². The van der Waals surface area contributed by atoms with E-state index in [0.29, 0.717) is 31.6 Å². The molecule has 1 N–H and O–H groups in total. The molecule has 1 aliphatic carbocycles. The minimum atomic E-state index is -0.563. The van der Waals surface area contributed by atoms with E-state index < -0.39 is 6.10 Å². The van der Waals surface area contributed by atoms with Gasteiger partial charge in [0.1, 0.15) is 0 Å². The topological polar surface area (TPSA) is 71.6 Å². The van der Waals surface area contributed by atoms with Gasteiger partial charge in [-0.25, -0.2) is 0 Å². The summed E-state index contributed by atoms with van der Waals surface area (Å²) in [7, 11) is 1.94. The molecule has 130 valence electrons. The molecule has 0 aliphatic heterocycles. The number of aliphatic hydroxyl groups excluding tert-OH is 1. The molecule has 1 aromatic carbocycles. The quantitative estimate of drug-likeness (QED) is 0.761. The fraction of sp³-hybridized carbons (Fsp3) is 0.556. The molecule has 2 aromatic rings. The Hall–Kier alpha value is -1.76. The Kier molecular flexibility index (Phi) is 5.60. The maximum absolute atomic E-state index is 10.2. The lowest BCUT2D eigenvalue weighted by Gasteiger charge is -2.24. The van der Waals surface area contributed by atoms with Crippen molar-refractivity contribution in [1.29, 1.82) is 0 Å². The zero-order chi connectivity index (χ0) is 16.9. The van der Waals surface area contributed by atoms with Crippen LogP contribution in [0.4, 0.5) is 0 Å². The molecule has 1 aromatic heterocycles. The first-order valence-corrected chi connectivity index (χ1v) is 8.47. The molecule has 6 nitrogen and oxygen atoms in total. The predicted molar refractivity (Wildman–Crippen MR) is 89.4 cm³/mol. The molecule has 1 fully saturated rings. The number of hydrogen-bond acceptors (Lipinski definition) is 6. The van der Waals surface area contributed by atoms with E-state index in [4.69, 9.17) is 9.26 Å². The van der Waals surface area contributed by atoms with Crippen LogP contribution in [0.2, 0.25) is 0 Å². The molecule has 24 heavy (non-hydrogen) atoms. The molecule has 3 rings (SSSR count). The van der Waals surface area contributed by atoms with Crippen LogP contribution in [0.1, 0.15) is 49.0 Å². The third-order valence-electron chi connectivity index (χ3n) is 4.34. The van der Waals surface area contributed by atoms with Gasteiger partial charge in [-0.3, -0.25) is 4.90 Å². The van der Waals surface area contributed by atoms with Gasteiger partial charge in [-0.1, -0.05) is 35.5 Å². The summed E-state index contributed by atoms with van der Waals surface area (Å²) in [6.07, 6.45) is 1.74. The van der Waals surface area contributed by atoms with Crippen LogP contribution in [0, 0.1) is 0 Å². The van der Waals surface area contributed by atoms with Gasteiger partial charge in [0.2, 0.25) is 5.89 Å². The lowest BCUT2D eigenvalue weighted by atomic mass is 10.2. The molecule has 2 atom stereocenters. The Morgan fingerprint density at radius 1 is 1.33 bits per heavy atom. The van der Waals surface area contributed by atoms with Crippen LogP contribution in [0.25, 0.3) is 0 Å². The zero-order valence-corrected chi connectivity index (χ0v) is 14.3. The highest BCUT2D eigenvalue weighted by molar-refractivity contribution is 5.13. The summed E-state index contributed by atoms with van der Waals surface area (Å²) in [4.78, 5) is 6.47.